The molecule has 1 unspecified atom stereocenters. The molecule has 2 aliphatic heterocycles. The fourth-order valence-corrected chi connectivity index (χ4v) is 3.83. The third-order valence-corrected chi connectivity index (χ3v) is 5.35. The van der Waals surface area contributed by atoms with Gasteiger partial charge in [0.15, 0.2) is 5.82 Å². The Morgan fingerprint density at radius 3 is 2.68 bits per heavy atom. The van der Waals surface area contributed by atoms with Gasteiger partial charge in [-0.15, -0.1) is 0 Å². The molecule has 0 spiro atoms. The lowest BCUT2D eigenvalue weighted by atomic mass is 9.92. The van der Waals surface area contributed by atoms with Gasteiger partial charge in [0, 0.05) is 29.3 Å². The number of amides is 3. The largest absolute Gasteiger partial charge is 0.466 e. The van der Waals surface area contributed by atoms with Gasteiger partial charge in [-0.25, -0.2) is 19.6 Å². The highest BCUT2D eigenvalue weighted by atomic mass is 16.5. The summed E-state index contributed by atoms with van der Waals surface area (Å²) in [5.41, 5.74) is 3.51. The van der Waals surface area contributed by atoms with Crippen molar-refractivity contribution in [2.24, 2.45) is 0 Å². The van der Waals surface area contributed by atoms with Crippen molar-refractivity contribution in [3.8, 4) is 11.4 Å². The van der Waals surface area contributed by atoms with Gasteiger partial charge >= 0.3 is 18.1 Å². The Kier molecular flexibility index (Phi) is 5.70. The number of hydrogen-bond acceptors (Lipinski definition) is 6. The van der Waals surface area contributed by atoms with Crippen LogP contribution in [0.25, 0.3) is 11.4 Å². The van der Waals surface area contributed by atoms with Crippen LogP contribution in [0.1, 0.15) is 42.6 Å². The molecular weight excluding hydrogens is 402 g/mol. The predicted molar refractivity (Wildman–Crippen MR) is 110 cm³/mol. The maximum atomic E-state index is 11.8. The van der Waals surface area contributed by atoms with E-state index in [1.54, 1.807) is 24.3 Å². The highest BCUT2D eigenvalue weighted by Crippen LogP contribution is 2.35. The minimum atomic E-state index is -1.02. The van der Waals surface area contributed by atoms with E-state index in [9.17, 15) is 19.5 Å². The average molecular weight is 425 g/mol. The number of anilines is 1. The number of urea groups is 1. The zero-order valence-electron chi connectivity index (χ0n) is 17.1. The minimum absolute atomic E-state index is 0.135. The first-order chi connectivity index (χ1) is 14.9. The second kappa shape index (κ2) is 8.58. The number of rotatable bonds is 4. The van der Waals surface area contributed by atoms with E-state index in [0.717, 1.165) is 11.1 Å². The topological polar surface area (TPSA) is 134 Å². The molecule has 3 amide bonds. The quantitative estimate of drug-likeness (QED) is 0.641. The Labute approximate surface area is 178 Å². The number of carbonyl (C=O) groups is 3. The van der Waals surface area contributed by atoms with E-state index in [0.29, 0.717) is 42.5 Å². The molecule has 10 nitrogen and oxygen atoms in total. The van der Waals surface area contributed by atoms with Crippen molar-refractivity contribution in [2.45, 2.75) is 38.8 Å². The van der Waals surface area contributed by atoms with E-state index in [1.165, 1.54) is 4.90 Å². The number of carboxylic acid groups (broad SMARTS) is 1. The maximum absolute atomic E-state index is 11.8. The summed E-state index contributed by atoms with van der Waals surface area (Å²) >= 11 is 0. The van der Waals surface area contributed by atoms with E-state index in [-0.39, 0.29) is 37.4 Å². The molecule has 1 atom stereocenters. The number of carbonyl (C=O) groups excluding carboxylic acids is 2. The van der Waals surface area contributed by atoms with Crippen LogP contribution in [0.5, 0.6) is 0 Å². The number of nitrogens with zero attached hydrogens (tertiary/aromatic N) is 3. The molecule has 1 aromatic heterocycles. The smallest absolute Gasteiger partial charge is 0.407 e. The summed E-state index contributed by atoms with van der Waals surface area (Å²) in [6.45, 7) is 3.07. The first-order valence-electron chi connectivity index (χ1n) is 10.1. The monoisotopic (exact) mass is 425 g/mol. The van der Waals surface area contributed by atoms with E-state index in [4.69, 9.17) is 9.72 Å². The van der Waals surface area contributed by atoms with Gasteiger partial charge in [-0.1, -0.05) is 0 Å². The van der Waals surface area contributed by atoms with E-state index in [2.05, 4.69) is 15.6 Å². The van der Waals surface area contributed by atoms with Gasteiger partial charge in [0.1, 0.15) is 0 Å². The van der Waals surface area contributed by atoms with Crippen molar-refractivity contribution < 1.29 is 24.2 Å². The number of esters is 1. The lowest BCUT2D eigenvalue weighted by Crippen LogP contribution is -2.28. The fraction of sp³-hybridized carbons (Fsp3) is 0.381. The van der Waals surface area contributed by atoms with Gasteiger partial charge in [0.05, 0.1) is 37.5 Å². The standard InChI is InChI=1S/C21H23N5O5/c1-2-22-20(28)23-14-5-3-12(4-6-14)19-24-16-11-26(21(29)30)10-15(16)18(25-19)13-7-8-31-17(27)9-13/h3-6,13H,2,7-11H2,1H3,(H,29,30)(H2,22,23,28). The number of ether oxygens (including phenoxy) is 1. The van der Waals surface area contributed by atoms with E-state index in [1.807, 2.05) is 6.92 Å². The number of nitrogens with one attached hydrogen (secondary N) is 2. The molecule has 1 saturated heterocycles. The summed E-state index contributed by atoms with van der Waals surface area (Å²) < 4.78 is 5.06. The van der Waals surface area contributed by atoms with Crippen molar-refractivity contribution >= 4 is 23.8 Å². The van der Waals surface area contributed by atoms with Gasteiger partial charge in [-0.3, -0.25) is 9.69 Å². The van der Waals surface area contributed by atoms with Crippen molar-refractivity contribution in [1.29, 1.82) is 0 Å². The van der Waals surface area contributed by atoms with Gasteiger partial charge in [0.2, 0.25) is 0 Å². The highest BCUT2D eigenvalue weighted by molar-refractivity contribution is 5.89. The Balaban J connectivity index is 1.66. The molecule has 1 fully saturated rings. The van der Waals surface area contributed by atoms with E-state index < -0.39 is 6.09 Å². The number of cyclic esters (lactones) is 1. The summed E-state index contributed by atoms with van der Waals surface area (Å²) in [5, 5.41) is 14.8. The van der Waals surface area contributed by atoms with Crippen LogP contribution in [0, 0.1) is 0 Å². The molecule has 1 aromatic carbocycles. The third-order valence-electron chi connectivity index (χ3n) is 5.35. The first-order valence-corrected chi connectivity index (χ1v) is 10.1. The average Bonchev–Trinajstić information content (AvgIpc) is 3.18. The lowest BCUT2D eigenvalue weighted by Gasteiger charge is -2.23. The van der Waals surface area contributed by atoms with Crippen molar-refractivity contribution in [1.82, 2.24) is 20.2 Å². The molecule has 10 heteroatoms. The Morgan fingerprint density at radius 1 is 1.23 bits per heavy atom. The van der Waals surface area contributed by atoms with Crippen LogP contribution in [0.4, 0.5) is 15.3 Å². The third kappa shape index (κ3) is 4.42. The van der Waals surface area contributed by atoms with Crippen molar-refractivity contribution in [2.75, 3.05) is 18.5 Å². The molecule has 3 N–H and O–H groups in total. The Morgan fingerprint density at radius 2 is 2.00 bits per heavy atom. The van der Waals surface area contributed by atoms with Crippen LogP contribution in [-0.4, -0.2) is 51.2 Å². The summed E-state index contributed by atoms with van der Waals surface area (Å²) in [4.78, 5) is 45.7. The number of benzene rings is 1. The van der Waals surface area contributed by atoms with Gasteiger partial charge in [-0.2, -0.15) is 0 Å². The summed E-state index contributed by atoms with van der Waals surface area (Å²) in [5.74, 6) is 0.0488. The second-order valence-corrected chi connectivity index (χ2v) is 7.47. The summed E-state index contributed by atoms with van der Waals surface area (Å²) in [7, 11) is 0. The van der Waals surface area contributed by atoms with Gasteiger partial charge in [0.25, 0.3) is 0 Å². The molecule has 0 bridgehead atoms. The molecule has 2 aromatic rings. The maximum Gasteiger partial charge on any atom is 0.407 e. The predicted octanol–water partition coefficient (Wildman–Crippen LogP) is 2.70. The first kappa shape index (κ1) is 20.6. The second-order valence-electron chi connectivity index (χ2n) is 7.47. The molecular formula is C21H23N5O5. The SMILES string of the molecule is CCNC(=O)Nc1ccc(-c2nc3c(c(C4CCOC(=O)C4)n2)CN(C(=O)O)C3)cc1. The molecule has 0 radical (unpaired) electrons. The van der Waals surface area contributed by atoms with Crippen LogP contribution < -0.4 is 10.6 Å². The van der Waals surface area contributed by atoms with Crippen LogP contribution >= 0.6 is 0 Å². The van der Waals surface area contributed by atoms with Crippen LogP contribution in [-0.2, 0) is 22.6 Å². The highest BCUT2D eigenvalue weighted by Gasteiger charge is 2.33. The molecule has 0 saturated carbocycles. The minimum Gasteiger partial charge on any atom is -0.466 e. The fourth-order valence-electron chi connectivity index (χ4n) is 3.83. The molecule has 31 heavy (non-hydrogen) atoms. The molecule has 2 aliphatic rings. The zero-order chi connectivity index (χ0) is 22.0. The molecule has 0 aliphatic carbocycles. The van der Waals surface area contributed by atoms with Crippen molar-refractivity contribution in [3.05, 3.63) is 41.2 Å². The normalized spacial score (nSPS) is 17.6. The molecule has 3 heterocycles. The molecule has 162 valence electrons. The van der Waals surface area contributed by atoms with Crippen LogP contribution in [0.2, 0.25) is 0 Å². The number of aromatic nitrogens is 2. The molecule has 4 rings (SSSR count). The van der Waals surface area contributed by atoms with Gasteiger partial charge < -0.3 is 20.5 Å². The lowest BCUT2D eigenvalue weighted by molar-refractivity contribution is -0.147. The number of fused-ring (bicyclic) bond motifs is 1. The van der Waals surface area contributed by atoms with Crippen molar-refractivity contribution in [3.63, 3.8) is 0 Å². The summed E-state index contributed by atoms with van der Waals surface area (Å²) in [6, 6.07) is 6.81. The Hall–Kier alpha value is -3.69. The van der Waals surface area contributed by atoms with Gasteiger partial charge in [-0.05, 0) is 37.6 Å². The van der Waals surface area contributed by atoms with E-state index >= 15 is 0 Å². The zero-order valence-corrected chi connectivity index (χ0v) is 17.1. The summed E-state index contributed by atoms with van der Waals surface area (Å²) in [6.07, 6.45) is -0.169. The van der Waals surface area contributed by atoms with Crippen LogP contribution in [0.3, 0.4) is 0 Å². The number of hydrogen-bond donors (Lipinski definition) is 3. The van der Waals surface area contributed by atoms with Crippen LogP contribution in [0.15, 0.2) is 24.3 Å². The Bertz CT molecular complexity index is 1020.